The van der Waals surface area contributed by atoms with Gasteiger partial charge in [-0.05, 0) is 41.1 Å². The summed E-state index contributed by atoms with van der Waals surface area (Å²) < 4.78 is 6.80. The summed E-state index contributed by atoms with van der Waals surface area (Å²) >= 11 is 3.36. The summed E-state index contributed by atoms with van der Waals surface area (Å²) in [5, 5.41) is 12.5. The second-order valence-electron chi connectivity index (χ2n) is 7.81. The van der Waals surface area contributed by atoms with Crippen molar-refractivity contribution in [3.63, 3.8) is 0 Å². The molecule has 0 aliphatic carbocycles. The second-order valence-corrected chi connectivity index (χ2v) is 8.72. The summed E-state index contributed by atoms with van der Waals surface area (Å²) in [6.07, 6.45) is 1.17. The van der Waals surface area contributed by atoms with Gasteiger partial charge in [0.05, 0.1) is 19.2 Å². The molecule has 0 fully saturated rings. The van der Waals surface area contributed by atoms with E-state index in [9.17, 15) is 14.7 Å². The van der Waals surface area contributed by atoms with Gasteiger partial charge in [0.15, 0.2) is 0 Å². The number of aliphatic hydroxyl groups excluding tert-OH is 1. The molecule has 0 unspecified atom stereocenters. The number of ether oxygens (including phenoxy) is 1. The van der Waals surface area contributed by atoms with Crippen LogP contribution in [0.25, 0.3) is 0 Å². The van der Waals surface area contributed by atoms with Crippen molar-refractivity contribution in [2.45, 2.75) is 26.0 Å². The minimum absolute atomic E-state index is 0.108. The van der Waals surface area contributed by atoms with Gasteiger partial charge in [-0.25, -0.2) is 9.78 Å². The molecule has 1 aromatic heterocycles. The van der Waals surface area contributed by atoms with Gasteiger partial charge in [-0.3, -0.25) is 4.79 Å². The number of nitrogens with one attached hydrogen (secondary N) is 1. The summed E-state index contributed by atoms with van der Waals surface area (Å²) in [6.45, 7) is 4.28. The summed E-state index contributed by atoms with van der Waals surface area (Å²) in [6, 6.07) is 10.3. The van der Waals surface area contributed by atoms with Crippen molar-refractivity contribution in [2.24, 2.45) is 5.92 Å². The Bertz CT molecular complexity index is 927. The fourth-order valence-corrected chi connectivity index (χ4v) is 3.72. The number of aromatic nitrogens is 1. The highest BCUT2D eigenvalue weighted by Crippen LogP contribution is 2.28. The Morgan fingerprint density at radius 2 is 2.13 bits per heavy atom. The van der Waals surface area contributed by atoms with E-state index in [1.165, 1.54) is 0 Å². The number of para-hydroxylation sites is 1. The quantitative estimate of drug-likeness (QED) is 0.670. The van der Waals surface area contributed by atoms with Gasteiger partial charge in [-0.15, -0.1) is 0 Å². The fraction of sp³-hybridized carbons (Fsp3) is 0.409. The lowest BCUT2D eigenvalue weighted by Gasteiger charge is -2.37. The first-order chi connectivity index (χ1) is 14.8. The normalized spacial score (nSPS) is 19.5. The van der Waals surface area contributed by atoms with E-state index in [4.69, 9.17) is 4.74 Å². The summed E-state index contributed by atoms with van der Waals surface area (Å²) in [5.74, 6) is -0.133. The number of fused-ring (bicyclic) bond motifs is 1. The number of hydrogen-bond acceptors (Lipinski definition) is 5. The molecule has 3 rings (SSSR count). The van der Waals surface area contributed by atoms with Crippen LogP contribution in [-0.2, 0) is 0 Å². The van der Waals surface area contributed by atoms with Crippen molar-refractivity contribution in [2.75, 3.05) is 32.1 Å². The van der Waals surface area contributed by atoms with Gasteiger partial charge >= 0.3 is 6.03 Å². The molecule has 0 bridgehead atoms. The van der Waals surface area contributed by atoms with Crippen molar-refractivity contribution >= 4 is 33.6 Å². The van der Waals surface area contributed by atoms with E-state index in [-0.39, 0.29) is 36.4 Å². The van der Waals surface area contributed by atoms with Crippen LogP contribution in [0, 0.1) is 5.92 Å². The Balaban J connectivity index is 1.83. The lowest BCUT2D eigenvalue weighted by Crippen LogP contribution is -2.50. The lowest BCUT2D eigenvalue weighted by molar-refractivity contribution is 0.0356. The first-order valence-electron chi connectivity index (χ1n) is 10.1. The van der Waals surface area contributed by atoms with Crippen LogP contribution in [0.5, 0.6) is 5.88 Å². The van der Waals surface area contributed by atoms with Crippen LogP contribution in [0.3, 0.4) is 0 Å². The number of nitrogens with zero attached hydrogens (tertiary/aromatic N) is 3. The molecule has 1 aliphatic heterocycles. The van der Waals surface area contributed by atoms with E-state index in [0.29, 0.717) is 28.8 Å². The van der Waals surface area contributed by atoms with Crippen LogP contribution < -0.4 is 10.1 Å². The minimum atomic E-state index is -0.402. The van der Waals surface area contributed by atoms with Crippen molar-refractivity contribution in [1.82, 2.24) is 14.8 Å². The minimum Gasteiger partial charge on any atom is -0.472 e. The first kappa shape index (κ1) is 23.0. The lowest BCUT2D eigenvalue weighted by atomic mass is 10.0. The smallest absolute Gasteiger partial charge is 0.321 e. The standard InChI is InChI=1S/C22H27BrN4O4/c1-14-11-27(15(2)13-28)21(29)18-9-16(23)10-24-20(18)31-19(14)12-26(3)22(30)25-17-7-5-4-6-8-17/h4-10,14-15,19,28H,11-13H2,1-3H3,(H,25,30)/t14-,15-,19-/m1/s1. The van der Waals surface area contributed by atoms with Gasteiger partial charge in [-0.1, -0.05) is 25.1 Å². The Hall–Kier alpha value is -2.65. The first-order valence-corrected chi connectivity index (χ1v) is 10.9. The molecule has 2 aromatic rings. The van der Waals surface area contributed by atoms with Gasteiger partial charge in [0.1, 0.15) is 11.7 Å². The number of benzene rings is 1. The zero-order valence-electron chi connectivity index (χ0n) is 17.8. The van der Waals surface area contributed by atoms with Gasteiger partial charge < -0.3 is 25.0 Å². The molecule has 3 amide bonds. The number of rotatable bonds is 5. The largest absolute Gasteiger partial charge is 0.472 e. The van der Waals surface area contributed by atoms with E-state index in [1.807, 2.05) is 37.3 Å². The molecule has 1 aromatic carbocycles. The van der Waals surface area contributed by atoms with Gasteiger partial charge in [0, 0.05) is 35.9 Å². The van der Waals surface area contributed by atoms with Crippen molar-refractivity contribution < 1.29 is 19.4 Å². The summed E-state index contributed by atoms with van der Waals surface area (Å²) in [5.41, 5.74) is 1.03. The number of anilines is 1. The number of amides is 3. The number of pyridine rings is 1. The van der Waals surface area contributed by atoms with Crippen LogP contribution >= 0.6 is 15.9 Å². The molecule has 2 N–H and O–H groups in total. The monoisotopic (exact) mass is 490 g/mol. The molecule has 0 radical (unpaired) electrons. The second kappa shape index (κ2) is 10.1. The van der Waals surface area contributed by atoms with Crippen LogP contribution in [0.1, 0.15) is 24.2 Å². The van der Waals surface area contributed by atoms with Gasteiger partial charge in [0.2, 0.25) is 5.88 Å². The molecule has 9 heteroatoms. The molecule has 1 aliphatic rings. The Labute approximate surface area is 190 Å². The molecular weight excluding hydrogens is 464 g/mol. The number of likely N-dealkylation sites (N-methyl/N-ethyl adjacent to an activating group) is 1. The number of carbonyl (C=O) groups excluding carboxylic acids is 2. The summed E-state index contributed by atoms with van der Waals surface area (Å²) in [7, 11) is 1.70. The molecule has 0 saturated heterocycles. The maximum atomic E-state index is 13.1. The van der Waals surface area contributed by atoms with Crippen LogP contribution in [0.4, 0.5) is 10.5 Å². The van der Waals surface area contributed by atoms with Crippen molar-refractivity contribution in [3.05, 3.63) is 52.6 Å². The van der Waals surface area contributed by atoms with Gasteiger partial charge in [0.25, 0.3) is 5.91 Å². The summed E-state index contributed by atoms with van der Waals surface area (Å²) in [4.78, 5) is 33.3. The molecule has 31 heavy (non-hydrogen) atoms. The van der Waals surface area contributed by atoms with Crippen LogP contribution in [-0.4, -0.2) is 70.7 Å². The van der Waals surface area contributed by atoms with E-state index >= 15 is 0 Å². The zero-order valence-corrected chi connectivity index (χ0v) is 19.4. The molecular formula is C22H27BrN4O4. The van der Waals surface area contributed by atoms with E-state index in [2.05, 4.69) is 26.2 Å². The third-order valence-corrected chi connectivity index (χ3v) is 5.75. The highest BCUT2D eigenvalue weighted by Gasteiger charge is 2.34. The van der Waals surface area contributed by atoms with Gasteiger partial charge in [-0.2, -0.15) is 0 Å². The molecule has 166 valence electrons. The van der Waals surface area contributed by atoms with Crippen LogP contribution in [0.15, 0.2) is 47.1 Å². The Morgan fingerprint density at radius 3 is 2.81 bits per heavy atom. The van der Waals surface area contributed by atoms with Crippen molar-refractivity contribution in [1.29, 1.82) is 0 Å². The van der Waals surface area contributed by atoms with E-state index in [0.717, 1.165) is 0 Å². The average Bonchev–Trinajstić information content (AvgIpc) is 2.76. The zero-order chi connectivity index (χ0) is 22.5. The number of carbonyl (C=O) groups is 2. The maximum absolute atomic E-state index is 13.1. The van der Waals surface area contributed by atoms with Crippen LogP contribution in [0.2, 0.25) is 0 Å². The van der Waals surface area contributed by atoms with E-state index < -0.39 is 6.10 Å². The molecule has 8 nitrogen and oxygen atoms in total. The third-order valence-electron chi connectivity index (χ3n) is 5.31. The average molecular weight is 491 g/mol. The third kappa shape index (κ3) is 5.54. The maximum Gasteiger partial charge on any atom is 0.321 e. The highest BCUT2D eigenvalue weighted by atomic mass is 79.9. The SMILES string of the molecule is C[C@@H]1CN([C@H](C)CO)C(=O)c2cc(Br)cnc2O[C@@H]1CN(C)C(=O)Nc1ccccc1. The van der Waals surface area contributed by atoms with E-state index in [1.54, 1.807) is 36.0 Å². The number of hydrogen-bond donors (Lipinski definition) is 2. The topological polar surface area (TPSA) is 95.0 Å². The Kier molecular flexibility index (Phi) is 7.50. The molecule has 0 saturated carbocycles. The molecule has 3 atom stereocenters. The number of aliphatic hydroxyl groups is 1. The van der Waals surface area contributed by atoms with Crippen molar-refractivity contribution in [3.8, 4) is 5.88 Å². The number of urea groups is 1. The number of halogens is 1. The fourth-order valence-electron chi connectivity index (χ4n) is 3.39. The predicted molar refractivity (Wildman–Crippen MR) is 121 cm³/mol. The highest BCUT2D eigenvalue weighted by molar-refractivity contribution is 9.10. The molecule has 0 spiro atoms. The molecule has 2 heterocycles. The Morgan fingerprint density at radius 1 is 1.42 bits per heavy atom. The predicted octanol–water partition coefficient (Wildman–Crippen LogP) is 3.23.